The fourth-order valence-corrected chi connectivity index (χ4v) is 1.98. The number of hydrogen-bond donors (Lipinski definition) is 2. The van der Waals surface area contributed by atoms with Crippen LogP contribution in [0.5, 0.6) is 0 Å². The highest BCUT2D eigenvalue weighted by Crippen LogP contribution is 2.36. The van der Waals surface area contributed by atoms with E-state index in [2.05, 4.69) is 25.9 Å². The van der Waals surface area contributed by atoms with Crippen LogP contribution in [0.3, 0.4) is 0 Å². The van der Waals surface area contributed by atoms with Crippen LogP contribution in [0.15, 0.2) is 6.07 Å². The first-order valence-electron chi connectivity index (χ1n) is 5.43. The molecule has 0 radical (unpaired) electrons. The molecule has 0 spiro atoms. The smallest absolute Gasteiger partial charge is 0.145 e. The summed E-state index contributed by atoms with van der Waals surface area (Å²) in [6, 6.07) is 2.03. The van der Waals surface area contributed by atoms with E-state index in [0.717, 1.165) is 18.5 Å². The van der Waals surface area contributed by atoms with Gasteiger partial charge in [-0.1, -0.05) is 20.8 Å². The fourth-order valence-electron chi connectivity index (χ4n) is 1.98. The van der Waals surface area contributed by atoms with E-state index in [0.29, 0.717) is 5.82 Å². The summed E-state index contributed by atoms with van der Waals surface area (Å²) in [6.07, 6.45) is 1.60. The fraction of sp³-hybridized carbons (Fsp3) is 0.727. The van der Waals surface area contributed by atoms with Gasteiger partial charge in [0.1, 0.15) is 5.82 Å². The molecular weight excluding hydrogens is 190 g/mol. The molecule has 15 heavy (non-hydrogen) atoms. The minimum absolute atomic E-state index is 0.0138. The summed E-state index contributed by atoms with van der Waals surface area (Å²) in [4.78, 5) is 0. The lowest BCUT2D eigenvalue weighted by Crippen LogP contribution is -2.37. The van der Waals surface area contributed by atoms with Gasteiger partial charge in [0.25, 0.3) is 0 Å². The lowest BCUT2D eigenvalue weighted by Gasteiger charge is -2.35. The van der Waals surface area contributed by atoms with Crippen molar-refractivity contribution < 1.29 is 5.11 Å². The van der Waals surface area contributed by atoms with Gasteiger partial charge in [0.2, 0.25) is 0 Å². The second kappa shape index (κ2) is 3.23. The Balaban J connectivity index is 2.38. The van der Waals surface area contributed by atoms with Crippen molar-refractivity contribution in [2.24, 2.45) is 0 Å². The monoisotopic (exact) mass is 209 g/mol. The van der Waals surface area contributed by atoms with Gasteiger partial charge in [-0.3, -0.25) is 4.68 Å². The number of nitrogen functional groups attached to an aromatic ring is 1. The van der Waals surface area contributed by atoms with Crippen molar-refractivity contribution in [1.29, 1.82) is 0 Å². The molecular formula is C11H19N3O. The predicted molar refractivity (Wildman–Crippen MR) is 59.6 cm³/mol. The van der Waals surface area contributed by atoms with Crippen molar-refractivity contribution in [2.75, 3.05) is 5.73 Å². The summed E-state index contributed by atoms with van der Waals surface area (Å²) in [7, 11) is 0. The van der Waals surface area contributed by atoms with Crippen LogP contribution in [0.1, 0.15) is 45.3 Å². The van der Waals surface area contributed by atoms with Gasteiger partial charge in [0.15, 0.2) is 0 Å². The molecule has 84 valence electrons. The minimum Gasteiger partial charge on any atom is -0.391 e. The van der Waals surface area contributed by atoms with Crippen LogP contribution < -0.4 is 5.73 Å². The molecule has 1 aromatic heterocycles. The highest BCUT2D eigenvalue weighted by atomic mass is 16.3. The van der Waals surface area contributed by atoms with Gasteiger partial charge in [-0.25, -0.2) is 0 Å². The summed E-state index contributed by atoms with van der Waals surface area (Å²) in [5, 5.41) is 13.9. The second-order valence-corrected chi connectivity index (χ2v) is 5.36. The maximum Gasteiger partial charge on any atom is 0.145 e. The zero-order chi connectivity index (χ0) is 11.2. The van der Waals surface area contributed by atoms with Crippen molar-refractivity contribution in [3.8, 4) is 0 Å². The molecule has 1 aliphatic rings. The zero-order valence-electron chi connectivity index (χ0n) is 9.57. The number of aromatic nitrogens is 2. The van der Waals surface area contributed by atoms with Gasteiger partial charge < -0.3 is 10.8 Å². The number of rotatable bonds is 1. The average Bonchev–Trinajstić information content (AvgIpc) is 2.44. The number of hydrogen-bond acceptors (Lipinski definition) is 3. The maximum atomic E-state index is 9.66. The summed E-state index contributed by atoms with van der Waals surface area (Å²) in [5.74, 6) is 0.541. The van der Waals surface area contributed by atoms with Crippen LogP contribution >= 0.6 is 0 Å². The van der Waals surface area contributed by atoms with Crippen molar-refractivity contribution in [3.63, 3.8) is 0 Å². The molecule has 4 nitrogen and oxygen atoms in total. The second-order valence-electron chi connectivity index (χ2n) is 5.36. The van der Waals surface area contributed by atoms with Crippen LogP contribution in [-0.4, -0.2) is 21.0 Å². The quantitative estimate of drug-likeness (QED) is 0.736. The zero-order valence-corrected chi connectivity index (χ0v) is 9.57. The van der Waals surface area contributed by atoms with Crippen molar-refractivity contribution >= 4 is 5.82 Å². The van der Waals surface area contributed by atoms with Crippen molar-refractivity contribution in [3.05, 3.63) is 11.8 Å². The van der Waals surface area contributed by atoms with Gasteiger partial charge >= 0.3 is 0 Å². The summed E-state index contributed by atoms with van der Waals surface area (Å²) in [6.45, 7) is 6.39. The highest BCUT2D eigenvalue weighted by molar-refractivity contribution is 5.33. The van der Waals surface area contributed by atoms with Gasteiger partial charge in [-0.2, -0.15) is 5.10 Å². The Labute approximate surface area is 90.1 Å². The van der Waals surface area contributed by atoms with Gasteiger partial charge in [0, 0.05) is 17.2 Å². The molecule has 0 aliphatic heterocycles. The van der Waals surface area contributed by atoms with E-state index in [9.17, 15) is 5.11 Å². The number of nitrogens with two attached hydrogens (primary N) is 1. The average molecular weight is 209 g/mol. The Morgan fingerprint density at radius 3 is 2.53 bits per heavy atom. The molecule has 1 fully saturated rings. The van der Waals surface area contributed by atoms with Crippen LogP contribution in [-0.2, 0) is 5.41 Å². The van der Waals surface area contributed by atoms with Crippen LogP contribution in [0.25, 0.3) is 0 Å². The molecule has 1 saturated carbocycles. The Morgan fingerprint density at radius 1 is 1.47 bits per heavy atom. The Bertz CT molecular complexity index is 364. The first-order chi connectivity index (χ1) is 6.89. The third-order valence-electron chi connectivity index (χ3n) is 3.04. The molecule has 1 heterocycles. The molecule has 0 bridgehead atoms. The Kier molecular flexibility index (Phi) is 2.26. The molecule has 4 heteroatoms. The number of nitrogens with zero attached hydrogens (tertiary/aromatic N) is 2. The standard InChI is InChI=1S/C11H19N3O/c1-11(2,3)9-6-10(12)13-14(9)7-4-5-8(7)15/h6-8,15H,4-5H2,1-3H3,(H2,12,13)/t7-,8+/m0/s1. The molecule has 0 unspecified atom stereocenters. The molecule has 0 saturated heterocycles. The third-order valence-corrected chi connectivity index (χ3v) is 3.04. The van der Waals surface area contributed by atoms with E-state index in [1.54, 1.807) is 0 Å². The largest absolute Gasteiger partial charge is 0.391 e. The topological polar surface area (TPSA) is 64.1 Å². The molecule has 2 rings (SSSR count). The van der Waals surface area contributed by atoms with Crippen LogP contribution in [0.2, 0.25) is 0 Å². The predicted octanol–water partition coefficient (Wildman–Crippen LogP) is 1.46. The highest BCUT2D eigenvalue weighted by Gasteiger charge is 2.34. The van der Waals surface area contributed by atoms with E-state index < -0.39 is 0 Å². The van der Waals surface area contributed by atoms with Gasteiger partial charge in [-0.05, 0) is 12.8 Å². The summed E-state index contributed by atoms with van der Waals surface area (Å²) in [5.41, 5.74) is 6.84. The summed E-state index contributed by atoms with van der Waals surface area (Å²) < 4.78 is 1.91. The molecule has 0 amide bonds. The molecule has 2 atom stereocenters. The maximum absolute atomic E-state index is 9.66. The lowest BCUT2D eigenvalue weighted by atomic mass is 9.86. The number of aliphatic hydroxyl groups excluding tert-OH is 1. The molecule has 1 aromatic rings. The van der Waals surface area contributed by atoms with Crippen LogP contribution in [0.4, 0.5) is 5.82 Å². The van der Waals surface area contributed by atoms with Crippen molar-refractivity contribution in [2.45, 2.75) is 51.2 Å². The third kappa shape index (κ3) is 1.74. The van der Waals surface area contributed by atoms with E-state index in [-0.39, 0.29) is 17.6 Å². The first-order valence-corrected chi connectivity index (χ1v) is 5.43. The van der Waals surface area contributed by atoms with E-state index in [4.69, 9.17) is 5.73 Å². The Morgan fingerprint density at radius 2 is 2.13 bits per heavy atom. The van der Waals surface area contributed by atoms with Gasteiger partial charge in [0.05, 0.1) is 12.1 Å². The summed E-state index contributed by atoms with van der Waals surface area (Å²) >= 11 is 0. The Hall–Kier alpha value is -1.03. The van der Waals surface area contributed by atoms with Crippen LogP contribution in [0, 0.1) is 0 Å². The van der Waals surface area contributed by atoms with E-state index in [1.807, 2.05) is 10.7 Å². The molecule has 0 aromatic carbocycles. The van der Waals surface area contributed by atoms with Gasteiger partial charge in [-0.15, -0.1) is 0 Å². The minimum atomic E-state index is -0.259. The van der Waals surface area contributed by atoms with E-state index >= 15 is 0 Å². The lowest BCUT2D eigenvalue weighted by molar-refractivity contribution is 0.0228. The van der Waals surface area contributed by atoms with Crippen molar-refractivity contribution in [1.82, 2.24) is 9.78 Å². The first kappa shape index (κ1) is 10.5. The number of aliphatic hydroxyl groups is 1. The molecule has 3 N–H and O–H groups in total. The number of anilines is 1. The van der Waals surface area contributed by atoms with E-state index in [1.165, 1.54) is 0 Å². The SMILES string of the molecule is CC(C)(C)c1cc(N)nn1[C@H]1CC[C@H]1O. The molecule has 1 aliphatic carbocycles. The normalized spacial score (nSPS) is 26.4.